The first-order valence-electron chi connectivity index (χ1n) is 6.70. The molecule has 0 atom stereocenters. The van der Waals surface area contributed by atoms with Crippen molar-refractivity contribution in [2.45, 2.75) is 0 Å². The van der Waals surface area contributed by atoms with Crippen LogP contribution in [0.5, 0.6) is 0 Å². The summed E-state index contributed by atoms with van der Waals surface area (Å²) in [4.78, 5) is 13.9. The van der Waals surface area contributed by atoms with Gasteiger partial charge >= 0.3 is 0 Å². The van der Waals surface area contributed by atoms with Crippen LogP contribution in [0.4, 0.5) is 5.69 Å². The predicted octanol–water partition coefficient (Wildman–Crippen LogP) is 0.547. The van der Waals surface area contributed by atoms with Crippen LogP contribution in [0.25, 0.3) is 0 Å². The molecule has 5 nitrogen and oxygen atoms in total. The van der Waals surface area contributed by atoms with Crippen molar-refractivity contribution in [3.05, 3.63) is 30.3 Å². The monoisotopic (exact) mass is 263 g/mol. The molecule has 2 N–H and O–H groups in total. The number of carbonyl (C=O) groups is 1. The number of nitrogens with zero attached hydrogens (tertiary/aromatic N) is 1. The number of hydrogen-bond donors (Lipinski definition) is 2. The first kappa shape index (κ1) is 13.8. The number of carbonyl (C=O) groups excluding carboxylic acids is 1. The molecule has 104 valence electrons. The summed E-state index contributed by atoms with van der Waals surface area (Å²) in [5.41, 5.74) is 0.964. The largest absolute Gasteiger partial charge is 0.379 e. The van der Waals surface area contributed by atoms with Gasteiger partial charge in [0.2, 0.25) is 5.91 Å². The Hall–Kier alpha value is -1.59. The highest BCUT2D eigenvalue weighted by Crippen LogP contribution is 2.03. The summed E-state index contributed by atoms with van der Waals surface area (Å²) in [6.07, 6.45) is 0. The van der Waals surface area contributed by atoms with Gasteiger partial charge in [0, 0.05) is 31.9 Å². The van der Waals surface area contributed by atoms with Crippen molar-refractivity contribution in [3.8, 4) is 0 Å². The highest BCUT2D eigenvalue weighted by molar-refractivity contribution is 5.80. The van der Waals surface area contributed by atoms with Crippen LogP contribution in [0.15, 0.2) is 30.3 Å². The van der Waals surface area contributed by atoms with Gasteiger partial charge in [-0.1, -0.05) is 18.2 Å². The van der Waals surface area contributed by atoms with Gasteiger partial charge in [-0.3, -0.25) is 9.69 Å². The second-order valence-corrected chi connectivity index (χ2v) is 4.52. The molecule has 1 fully saturated rings. The molecule has 0 unspecified atom stereocenters. The lowest BCUT2D eigenvalue weighted by Crippen LogP contribution is -2.42. The third-order valence-corrected chi connectivity index (χ3v) is 3.08. The zero-order chi connectivity index (χ0) is 13.3. The van der Waals surface area contributed by atoms with Crippen LogP contribution in [0.1, 0.15) is 0 Å². The third kappa shape index (κ3) is 5.28. The fraction of sp³-hybridized carbons (Fsp3) is 0.500. The van der Waals surface area contributed by atoms with Gasteiger partial charge in [-0.25, -0.2) is 0 Å². The molecule has 19 heavy (non-hydrogen) atoms. The van der Waals surface area contributed by atoms with Crippen molar-refractivity contribution in [1.29, 1.82) is 0 Å². The first-order valence-corrected chi connectivity index (χ1v) is 6.70. The highest BCUT2D eigenvalue weighted by Gasteiger charge is 2.09. The van der Waals surface area contributed by atoms with E-state index < -0.39 is 0 Å². The van der Waals surface area contributed by atoms with Crippen LogP contribution in [-0.4, -0.2) is 56.7 Å². The normalized spacial score (nSPS) is 16.0. The molecular weight excluding hydrogens is 242 g/mol. The minimum absolute atomic E-state index is 0.0251. The van der Waals surface area contributed by atoms with Crippen molar-refractivity contribution < 1.29 is 9.53 Å². The van der Waals surface area contributed by atoms with Gasteiger partial charge in [-0.05, 0) is 12.1 Å². The predicted molar refractivity (Wildman–Crippen MR) is 75.2 cm³/mol. The van der Waals surface area contributed by atoms with E-state index in [-0.39, 0.29) is 5.91 Å². The van der Waals surface area contributed by atoms with E-state index in [4.69, 9.17) is 4.74 Å². The summed E-state index contributed by atoms with van der Waals surface area (Å²) in [5.74, 6) is 0.0251. The molecule has 1 saturated heterocycles. The molecule has 2 rings (SSSR count). The lowest BCUT2D eigenvalue weighted by molar-refractivity contribution is -0.119. The number of benzene rings is 1. The second-order valence-electron chi connectivity index (χ2n) is 4.52. The van der Waals surface area contributed by atoms with Gasteiger partial charge in [0.05, 0.1) is 19.8 Å². The molecule has 1 aliphatic rings. The molecule has 0 spiro atoms. The molecule has 0 radical (unpaired) electrons. The van der Waals surface area contributed by atoms with Crippen molar-refractivity contribution in [1.82, 2.24) is 10.2 Å². The molecule has 1 aromatic rings. The van der Waals surface area contributed by atoms with E-state index in [0.29, 0.717) is 13.1 Å². The van der Waals surface area contributed by atoms with Crippen LogP contribution in [0, 0.1) is 0 Å². The molecule has 1 heterocycles. The Morgan fingerprint density at radius 1 is 1.21 bits per heavy atom. The van der Waals surface area contributed by atoms with Crippen LogP contribution in [0.3, 0.4) is 0 Å². The Kier molecular flexibility index (Phi) is 5.65. The fourth-order valence-corrected chi connectivity index (χ4v) is 1.98. The van der Waals surface area contributed by atoms with Gasteiger partial charge in [-0.15, -0.1) is 0 Å². The van der Waals surface area contributed by atoms with Crippen LogP contribution >= 0.6 is 0 Å². The highest BCUT2D eigenvalue weighted by atomic mass is 16.5. The van der Waals surface area contributed by atoms with Gasteiger partial charge in [0.25, 0.3) is 0 Å². The molecule has 1 aromatic carbocycles. The lowest BCUT2D eigenvalue weighted by Gasteiger charge is -2.26. The minimum atomic E-state index is 0.0251. The van der Waals surface area contributed by atoms with E-state index in [1.54, 1.807) is 0 Å². The van der Waals surface area contributed by atoms with E-state index in [9.17, 15) is 4.79 Å². The van der Waals surface area contributed by atoms with Crippen molar-refractivity contribution >= 4 is 11.6 Å². The number of ether oxygens (including phenoxy) is 1. The molecular formula is C14H21N3O2. The number of para-hydroxylation sites is 1. The van der Waals surface area contributed by atoms with E-state index in [2.05, 4.69) is 15.5 Å². The second kappa shape index (κ2) is 7.76. The van der Waals surface area contributed by atoms with Crippen molar-refractivity contribution in [3.63, 3.8) is 0 Å². The number of rotatable bonds is 6. The molecule has 0 aromatic heterocycles. The number of nitrogens with one attached hydrogen (secondary N) is 2. The van der Waals surface area contributed by atoms with Gasteiger partial charge in [0.1, 0.15) is 0 Å². The fourth-order valence-electron chi connectivity index (χ4n) is 1.98. The number of hydrogen-bond acceptors (Lipinski definition) is 4. The van der Waals surface area contributed by atoms with Crippen LogP contribution in [0.2, 0.25) is 0 Å². The van der Waals surface area contributed by atoms with Crippen molar-refractivity contribution in [2.75, 3.05) is 51.3 Å². The Morgan fingerprint density at radius 3 is 2.68 bits per heavy atom. The Balaban J connectivity index is 1.57. The van der Waals surface area contributed by atoms with E-state index in [1.807, 2.05) is 30.3 Å². The molecule has 1 amide bonds. The average Bonchev–Trinajstić information content (AvgIpc) is 2.47. The SMILES string of the molecule is O=C(CNc1ccccc1)NCCN1CCOCC1. The maximum atomic E-state index is 11.6. The quantitative estimate of drug-likeness (QED) is 0.787. The lowest BCUT2D eigenvalue weighted by atomic mass is 10.3. The summed E-state index contributed by atoms with van der Waals surface area (Å²) < 4.78 is 5.28. The summed E-state index contributed by atoms with van der Waals surface area (Å²) >= 11 is 0. The number of morpholine rings is 1. The summed E-state index contributed by atoms with van der Waals surface area (Å²) in [5, 5.41) is 6.00. The van der Waals surface area contributed by atoms with Crippen LogP contribution < -0.4 is 10.6 Å². The zero-order valence-corrected chi connectivity index (χ0v) is 11.1. The number of anilines is 1. The van der Waals surface area contributed by atoms with Gasteiger partial charge < -0.3 is 15.4 Å². The summed E-state index contributed by atoms with van der Waals surface area (Å²) in [6, 6.07) is 9.73. The Labute approximate surface area is 113 Å². The molecule has 5 heteroatoms. The molecule has 0 aliphatic carbocycles. The smallest absolute Gasteiger partial charge is 0.239 e. The van der Waals surface area contributed by atoms with Gasteiger partial charge in [-0.2, -0.15) is 0 Å². The molecule has 0 bridgehead atoms. The topological polar surface area (TPSA) is 53.6 Å². The maximum absolute atomic E-state index is 11.6. The first-order chi connectivity index (χ1) is 9.34. The minimum Gasteiger partial charge on any atom is -0.379 e. The molecule has 1 aliphatic heterocycles. The third-order valence-electron chi connectivity index (χ3n) is 3.08. The Morgan fingerprint density at radius 2 is 1.95 bits per heavy atom. The van der Waals surface area contributed by atoms with E-state index >= 15 is 0 Å². The summed E-state index contributed by atoms with van der Waals surface area (Å²) in [7, 11) is 0. The van der Waals surface area contributed by atoms with Crippen LogP contribution in [-0.2, 0) is 9.53 Å². The van der Waals surface area contributed by atoms with Gasteiger partial charge in [0.15, 0.2) is 0 Å². The van der Waals surface area contributed by atoms with Crippen molar-refractivity contribution in [2.24, 2.45) is 0 Å². The van der Waals surface area contributed by atoms with E-state index in [1.165, 1.54) is 0 Å². The number of amides is 1. The standard InChI is InChI=1S/C14H21N3O2/c18-14(12-16-13-4-2-1-3-5-13)15-6-7-17-8-10-19-11-9-17/h1-5,16H,6-12H2,(H,15,18). The average molecular weight is 263 g/mol. The maximum Gasteiger partial charge on any atom is 0.239 e. The van der Waals surface area contributed by atoms with E-state index in [0.717, 1.165) is 38.5 Å². The summed E-state index contributed by atoms with van der Waals surface area (Å²) in [6.45, 7) is 5.39. The zero-order valence-electron chi connectivity index (χ0n) is 11.1. The molecule has 0 saturated carbocycles. The Bertz CT molecular complexity index is 378.